The third-order valence-electron chi connectivity index (χ3n) is 2.10. The lowest BCUT2D eigenvalue weighted by Gasteiger charge is -2.13. The van der Waals surface area contributed by atoms with Gasteiger partial charge in [-0.25, -0.2) is 4.79 Å². The maximum Gasteiger partial charge on any atom is 0.573 e. The molecular weight excluding hydrogens is 287 g/mol. The van der Waals surface area contributed by atoms with Crippen molar-refractivity contribution >= 4 is 17.6 Å². The Hall–Kier alpha value is -1.94. The van der Waals surface area contributed by atoms with Crippen molar-refractivity contribution in [1.29, 1.82) is 5.26 Å². The van der Waals surface area contributed by atoms with Crippen LogP contribution in [0.25, 0.3) is 0 Å². The first kappa shape index (κ1) is 15.1. The van der Waals surface area contributed by atoms with E-state index in [2.05, 4.69) is 9.47 Å². The molecule has 0 N–H and O–H groups in total. The van der Waals surface area contributed by atoms with E-state index in [1.807, 2.05) is 0 Å². The molecule has 0 radical (unpaired) electrons. The van der Waals surface area contributed by atoms with Crippen LogP contribution in [0.4, 0.5) is 13.2 Å². The molecule has 0 aliphatic rings. The van der Waals surface area contributed by atoms with E-state index in [0.717, 1.165) is 19.2 Å². The molecule has 0 atom stereocenters. The van der Waals surface area contributed by atoms with Crippen LogP contribution in [-0.4, -0.2) is 19.4 Å². The minimum absolute atomic E-state index is 0.0757. The van der Waals surface area contributed by atoms with E-state index in [1.165, 1.54) is 6.07 Å². The largest absolute Gasteiger partial charge is 0.573 e. The van der Waals surface area contributed by atoms with Gasteiger partial charge in [0.05, 0.1) is 18.2 Å². The Bertz CT molecular complexity index is 537. The number of esters is 1. The smallest absolute Gasteiger partial charge is 0.465 e. The molecule has 0 aliphatic heterocycles. The SMILES string of the molecule is COC(=O)c1cc(C#N)c(OC(F)(F)F)cc1CCl. The molecule has 8 heteroatoms. The van der Waals surface area contributed by atoms with Crippen LogP contribution in [0.5, 0.6) is 5.75 Å². The number of carbonyl (C=O) groups is 1. The number of benzene rings is 1. The molecule has 0 bridgehead atoms. The predicted octanol–water partition coefficient (Wildman–Crippen LogP) is 2.98. The van der Waals surface area contributed by atoms with Crippen molar-refractivity contribution < 1.29 is 27.4 Å². The Morgan fingerprint density at radius 1 is 1.47 bits per heavy atom. The first-order valence-electron chi connectivity index (χ1n) is 4.79. The molecule has 4 nitrogen and oxygen atoms in total. The summed E-state index contributed by atoms with van der Waals surface area (Å²) in [6, 6.07) is 3.36. The summed E-state index contributed by atoms with van der Waals surface area (Å²) in [6.45, 7) is 0. The number of ether oxygens (including phenoxy) is 2. The average molecular weight is 294 g/mol. The van der Waals surface area contributed by atoms with E-state index in [1.54, 1.807) is 0 Å². The van der Waals surface area contributed by atoms with Crippen LogP contribution in [0.15, 0.2) is 12.1 Å². The van der Waals surface area contributed by atoms with E-state index in [-0.39, 0.29) is 17.0 Å². The molecule has 0 saturated carbocycles. The van der Waals surface area contributed by atoms with Crippen molar-refractivity contribution in [3.63, 3.8) is 0 Å². The Kier molecular flexibility index (Phi) is 4.62. The zero-order valence-electron chi connectivity index (χ0n) is 9.55. The van der Waals surface area contributed by atoms with Crippen molar-refractivity contribution in [2.24, 2.45) is 0 Å². The summed E-state index contributed by atoms with van der Waals surface area (Å²) in [4.78, 5) is 11.4. The van der Waals surface area contributed by atoms with Gasteiger partial charge in [0, 0.05) is 5.88 Å². The summed E-state index contributed by atoms with van der Waals surface area (Å²) < 4.78 is 44.6. The predicted molar refractivity (Wildman–Crippen MR) is 58.7 cm³/mol. The molecule has 102 valence electrons. The van der Waals surface area contributed by atoms with E-state index >= 15 is 0 Å². The van der Waals surface area contributed by atoms with Gasteiger partial charge in [0.25, 0.3) is 0 Å². The lowest BCUT2D eigenvalue weighted by atomic mass is 10.0. The third-order valence-corrected chi connectivity index (χ3v) is 2.39. The molecule has 0 heterocycles. The van der Waals surface area contributed by atoms with Gasteiger partial charge in [0.1, 0.15) is 11.8 Å². The Labute approximate surface area is 111 Å². The lowest BCUT2D eigenvalue weighted by molar-refractivity contribution is -0.274. The topological polar surface area (TPSA) is 59.3 Å². The van der Waals surface area contributed by atoms with Crippen molar-refractivity contribution in [3.8, 4) is 11.8 Å². The van der Waals surface area contributed by atoms with Gasteiger partial charge in [-0.05, 0) is 17.7 Å². The van der Waals surface area contributed by atoms with Gasteiger partial charge in [-0.2, -0.15) is 5.26 Å². The van der Waals surface area contributed by atoms with Gasteiger partial charge in [0.15, 0.2) is 0 Å². The molecule has 0 aromatic heterocycles. The van der Waals surface area contributed by atoms with Crippen LogP contribution in [0.2, 0.25) is 0 Å². The second-order valence-corrected chi connectivity index (χ2v) is 3.56. The van der Waals surface area contributed by atoms with E-state index < -0.39 is 23.6 Å². The van der Waals surface area contributed by atoms with Crippen LogP contribution in [0.3, 0.4) is 0 Å². The molecule has 1 aromatic rings. The Balaban J connectivity index is 3.36. The van der Waals surface area contributed by atoms with Crippen molar-refractivity contribution in [3.05, 3.63) is 28.8 Å². The summed E-state index contributed by atoms with van der Waals surface area (Å²) in [5.41, 5.74) is -0.443. The highest BCUT2D eigenvalue weighted by Crippen LogP contribution is 2.30. The fourth-order valence-electron chi connectivity index (χ4n) is 1.33. The highest BCUT2D eigenvalue weighted by atomic mass is 35.5. The van der Waals surface area contributed by atoms with Crippen LogP contribution in [-0.2, 0) is 10.6 Å². The van der Waals surface area contributed by atoms with Crippen molar-refractivity contribution in [1.82, 2.24) is 0 Å². The van der Waals surface area contributed by atoms with Gasteiger partial charge in [-0.1, -0.05) is 0 Å². The molecule has 0 spiro atoms. The minimum Gasteiger partial charge on any atom is -0.465 e. The van der Waals surface area contributed by atoms with Crippen LogP contribution >= 0.6 is 11.6 Å². The normalized spacial score (nSPS) is 10.7. The summed E-state index contributed by atoms with van der Waals surface area (Å²) in [5.74, 6) is -1.74. The number of methoxy groups -OCH3 is 1. The number of nitriles is 1. The second-order valence-electron chi connectivity index (χ2n) is 3.29. The highest BCUT2D eigenvalue weighted by Gasteiger charge is 2.33. The molecule has 0 unspecified atom stereocenters. The zero-order chi connectivity index (χ0) is 14.6. The highest BCUT2D eigenvalue weighted by molar-refractivity contribution is 6.17. The van der Waals surface area contributed by atoms with E-state index in [9.17, 15) is 18.0 Å². The first-order valence-corrected chi connectivity index (χ1v) is 5.33. The average Bonchev–Trinajstić information content (AvgIpc) is 2.35. The number of hydrogen-bond acceptors (Lipinski definition) is 4. The summed E-state index contributed by atoms with van der Waals surface area (Å²) in [6.07, 6.45) is -4.94. The molecule has 0 fully saturated rings. The number of halogens is 4. The van der Waals surface area contributed by atoms with Crippen molar-refractivity contribution in [2.45, 2.75) is 12.2 Å². The third kappa shape index (κ3) is 3.76. The number of carbonyl (C=O) groups excluding carboxylic acids is 1. The van der Waals surface area contributed by atoms with Gasteiger partial charge in [0.2, 0.25) is 0 Å². The minimum atomic E-state index is -4.94. The van der Waals surface area contributed by atoms with Gasteiger partial charge >= 0.3 is 12.3 Å². The molecular formula is C11H7ClF3NO3. The Morgan fingerprint density at radius 3 is 2.53 bits per heavy atom. The fraction of sp³-hybridized carbons (Fsp3) is 0.273. The summed E-state index contributed by atoms with van der Waals surface area (Å²) in [5, 5.41) is 8.78. The number of rotatable bonds is 3. The monoisotopic (exact) mass is 293 g/mol. The van der Waals surface area contributed by atoms with Crippen LogP contribution in [0, 0.1) is 11.3 Å². The number of hydrogen-bond donors (Lipinski definition) is 0. The number of alkyl halides is 4. The van der Waals surface area contributed by atoms with Crippen LogP contribution in [0.1, 0.15) is 21.5 Å². The first-order chi connectivity index (χ1) is 8.82. The molecule has 0 saturated heterocycles. The maximum absolute atomic E-state index is 12.2. The molecule has 0 aliphatic carbocycles. The standard InChI is InChI=1S/C11H7ClF3NO3/c1-18-10(17)8-2-7(5-16)9(3-6(8)4-12)19-11(13,14)15/h2-3H,4H2,1H3. The molecule has 1 aromatic carbocycles. The lowest BCUT2D eigenvalue weighted by Crippen LogP contribution is -2.18. The van der Waals surface area contributed by atoms with Crippen LogP contribution < -0.4 is 4.74 Å². The fourth-order valence-corrected chi connectivity index (χ4v) is 1.55. The Morgan fingerprint density at radius 2 is 2.11 bits per heavy atom. The molecule has 0 amide bonds. The number of nitrogens with zero attached hydrogens (tertiary/aromatic N) is 1. The molecule has 19 heavy (non-hydrogen) atoms. The van der Waals surface area contributed by atoms with E-state index in [4.69, 9.17) is 16.9 Å². The quantitative estimate of drug-likeness (QED) is 0.635. The maximum atomic E-state index is 12.2. The van der Waals surface area contributed by atoms with E-state index in [0.29, 0.717) is 0 Å². The molecule has 1 rings (SSSR count). The zero-order valence-corrected chi connectivity index (χ0v) is 10.3. The summed E-state index contributed by atoms with van der Waals surface area (Å²) >= 11 is 5.54. The van der Waals surface area contributed by atoms with Gasteiger partial charge < -0.3 is 9.47 Å². The summed E-state index contributed by atoms with van der Waals surface area (Å²) in [7, 11) is 1.10. The van der Waals surface area contributed by atoms with Crippen molar-refractivity contribution in [2.75, 3.05) is 7.11 Å². The second kappa shape index (κ2) is 5.80. The van der Waals surface area contributed by atoms with Gasteiger partial charge in [-0.3, -0.25) is 0 Å². The van der Waals surface area contributed by atoms with Gasteiger partial charge in [-0.15, -0.1) is 24.8 Å².